The van der Waals surface area contributed by atoms with E-state index in [2.05, 4.69) is 0 Å². The maximum Gasteiger partial charge on any atom is 0.137 e. The normalized spacial score (nSPS) is 12.8. The van der Waals surface area contributed by atoms with Gasteiger partial charge >= 0.3 is 0 Å². The number of hydrogen-bond donors (Lipinski definition) is 0. The van der Waals surface area contributed by atoms with Gasteiger partial charge in [-0.3, -0.25) is 0 Å². The summed E-state index contributed by atoms with van der Waals surface area (Å²) in [5.74, 6) is 2.00. The number of ether oxygens (including phenoxy) is 2. The Labute approximate surface area is 193 Å². The fourth-order valence-electron chi connectivity index (χ4n) is 3.35. The summed E-state index contributed by atoms with van der Waals surface area (Å²) in [6, 6.07) is 29.3. The first kappa shape index (κ1) is 21.4. The van der Waals surface area contributed by atoms with Crippen LogP contribution in [0.2, 0.25) is 0 Å². The molecule has 0 saturated heterocycles. The molecule has 158 valence electrons. The molecule has 3 aromatic rings. The summed E-state index contributed by atoms with van der Waals surface area (Å²) in [5.41, 5.74) is 4.41. The molecule has 4 nitrogen and oxygen atoms in total. The van der Waals surface area contributed by atoms with Crippen LogP contribution in [-0.2, 0) is 4.74 Å². The Bertz CT molecular complexity index is 1330. The van der Waals surface area contributed by atoms with E-state index in [0.717, 1.165) is 28.0 Å². The van der Waals surface area contributed by atoms with Crippen molar-refractivity contribution in [2.24, 2.45) is 0 Å². The molecule has 0 saturated carbocycles. The molecule has 33 heavy (non-hydrogen) atoms. The van der Waals surface area contributed by atoms with Crippen LogP contribution in [0.4, 0.5) is 0 Å². The quantitative estimate of drug-likeness (QED) is 0.338. The van der Waals surface area contributed by atoms with Gasteiger partial charge in [0.2, 0.25) is 0 Å². The molecule has 0 atom stereocenters. The summed E-state index contributed by atoms with van der Waals surface area (Å²) in [6.45, 7) is 0. The van der Waals surface area contributed by atoms with E-state index in [-0.39, 0.29) is 5.57 Å². The topological polar surface area (TPSA) is 66.0 Å². The highest BCUT2D eigenvalue weighted by Crippen LogP contribution is 2.33. The van der Waals surface area contributed by atoms with Crippen molar-refractivity contribution in [2.45, 2.75) is 0 Å². The van der Waals surface area contributed by atoms with Crippen molar-refractivity contribution < 1.29 is 9.47 Å². The second-order valence-corrected chi connectivity index (χ2v) is 7.27. The Morgan fingerprint density at radius 2 is 1.24 bits per heavy atom. The van der Waals surface area contributed by atoms with Crippen molar-refractivity contribution in [1.82, 2.24) is 0 Å². The van der Waals surface area contributed by atoms with E-state index in [1.54, 1.807) is 19.3 Å². The van der Waals surface area contributed by atoms with Crippen molar-refractivity contribution in [2.75, 3.05) is 7.11 Å². The van der Waals surface area contributed by atoms with Gasteiger partial charge in [0.15, 0.2) is 0 Å². The van der Waals surface area contributed by atoms with E-state index >= 15 is 0 Å². The van der Waals surface area contributed by atoms with E-state index < -0.39 is 0 Å². The highest BCUT2D eigenvalue weighted by molar-refractivity contribution is 5.80. The lowest BCUT2D eigenvalue weighted by molar-refractivity contribution is 0.415. The Kier molecular flexibility index (Phi) is 6.50. The Morgan fingerprint density at radius 1 is 0.727 bits per heavy atom. The summed E-state index contributed by atoms with van der Waals surface area (Å²) in [4.78, 5) is 0. The third-order valence-electron chi connectivity index (χ3n) is 5.14. The Balaban J connectivity index is 1.61. The van der Waals surface area contributed by atoms with E-state index in [9.17, 15) is 10.5 Å². The highest BCUT2D eigenvalue weighted by atomic mass is 16.5. The molecule has 0 unspecified atom stereocenters. The van der Waals surface area contributed by atoms with Crippen molar-refractivity contribution in [3.8, 4) is 17.9 Å². The van der Waals surface area contributed by atoms with Gasteiger partial charge < -0.3 is 9.47 Å². The molecule has 0 radical (unpaired) electrons. The monoisotopic (exact) mass is 428 g/mol. The van der Waals surface area contributed by atoms with Crippen LogP contribution in [0.3, 0.4) is 0 Å². The molecule has 1 aliphatic rings. The fourth-order valence-corrected chi connectivity index (χ4v) is 3.35. The Morgan fingerprint density at radius 3 is 1.76 bits per heavy atom. The molecular formula is C29H20N2O2. The van der Waals surface area contributed by atoms with Gasteiger partial charge in [0.05, 0.1) is 7.11 Å². The molecule has 1 aliphatic heterocycles. The van der Waals surface area contributed by atoms with Gasteiger partial charge in [0.1, 0.15) is 35.0 Å². The number of benzene rings is 3. The van der Waals surface area contributed by atoms with E-state index in [1.165, 1.54) is 0 Å². The summed E-state index contributed by atoms with van der Waals surface area (Å²) in [5, 5.41) is 18.7. The van der Waals surface area contributed by atoms with Gasteiger partial charge in [-0.15, -0.1) is 0 Å². The summed E-state index contributed by atoms with van der Waals surface area (Å²) in [6.07, 6.45) is 7.53. The molecule has 4 heteroatoms. The first-order valence-corrected chi connectivity index (χ1v) is 10.3. The van der Waals surface area contributed by atoms with Crippen LogP contribution in [0.25, 0.3) is 23.7 Å². The molecular weight excluding hydrogens is 408 g/mol. The molecule has 3 aromatic carbocycles. The van der Waals surface area contributed by atoms with Crippen LogP contribution in [0, 0.1) is 22.7 Å². The summed E-state index contributed by atoms with van der Waals surface area (Å²) >= 11 is 0. The number of hydrogen-bond acceptors (Lipinski definition) is 4. The number of nitriles is 2. The van der Waals surface area contributed by atoms with Crippen LogP contribution in [0.5, 0.6) is 5.75 Å². The summed E-state index contributed by atoms with van der Waals surface area (Å²) in [7, 11) is 1.65. The van der Waals surface area contributed by atoms with Crippen LogP contribution >= 0.6 is 0 Å². The molecule has 0 aliphatic carbocycles. The second kappa shape index (κ2) is 10.0. The lowest BCUT2D eigenvalue weighted by Gasteiger charge is -2.19. The molecule has 1 heterocycles. The van der Waals surface area contributed by atoms with Gasteiger partial charge in [0.25, 0.3) is 0 Å². The highest BCUT2D eigenvalue weighted by Gasteiger charge is 2.17. The van der Waals surface area contributed by atoms with Crippen LogP contribution < -0.4 is 4.74 Å². The van der Waals surface area contributed by atoms with E-state index in [1.807, 2.05) is 103 Å². The van der Waals surface area contributed by atoms with Crippen LogP contribution in [-0.4, -0.2) is 7.11 Å². The first-order chi connectivity index (χ1) is 16.2. The largest absolute Gasteiger partial charge is 0.497 e. The average molecular weight is 428 g/mol. The average Bonchev–Trinajstić information content (AvgIpc) is 2.89. The van der Waals surface area contributed by atoms with Crippen molar-refractivity contribution >= 4 is 23.7 Å². The third-order valence-corrected chi connectivity index (χ3v) is 5.14. The Hall–Kier alpha value is -4.80. The standard InChI is InChI=1S/C29H20N2O2/c1-32-27-15-11-22(12-16-27)8-7-21-9-13-24(14-10-21)29-18-25(26(19-30)20-31)17-28(33-29)23-5-3-2-4-6-23/h2-18H,1H3. The minimum absolute atomic E-state index is 0.0447. The van der Waals surface area contributed by atoms with Crippen LogP contribution in [0.1, 0.15) is 22.3 Å². The number of methoxy groups -OCH3 is 1. The minimum Gasteiger partial charge on any atom is -0.497 e. The van der Waals surface area contributed by atoms with E-state index in [4.69, 9.17) is 9.47 Å². The van der Waals surface area contributed by atoms with Crippen LogP contribution in [0.15, 0.2) is 102 Å². The maximum atomic E-state index is 9.37. The smallest absolute Gasteiger partial charge is 0.137 e. The predicted octanol–water partition coefficient (Wildman–Crippen LogP) is 6.62. The lowest BCUT2D eigenvalue weighted by atomic mass is 10.0. The van der Waals surface area contributed by atoms with Crippen molar-refractivity contribution in [3.63, 3.8) is 0 Å². The van der Waals surface area contributed by atoms with Gasteiger partial charge in [-0.1, -0.05) is 78.9 Å². The molecule has 0 fully saturated rings. The zero-order valence-corrected chi connectivity index (χ0v) is 18.0. The number of rotatable bonds is 5. The third kappa shape index (κ3) is 5.10. The zero-order chi connectivity index (χ0) is 23.0. The number of allylic oxidation sites excluding steroid dienone is 4. The van der Waals surface area contributed by atoms with Gasteiger partial charge in [-0.05, 0) is 35.4 Å². The first-order valence-electron chi connectivity index (χ1n) is 10.3. The molecule has 0 bridgehead atoms. The van der Waals surface area contributed by atoms with E-state index in [0.29, 0.717) is 17.1 Å². The van der Waals surface area contributed by atoms with Crippen molar-refractivity contribution in [3.05, 3.63) is 124 Å². The van der Waals surface area contributed by atoms with Gasteiger partial charge in [-0.25, -0.2) is 0 Å². The molecule has 0 aromatic heterocycles. The SMILES string of the molecule is COc1ccc(C=Cc2ccc(C3=CC(=C(C#N)C#N)C=C(c4ccccc4)O3)cc2)cc1. The molecule has 0 spiro atoms. The lowest BCUT2D eigenvalue weighted by Crippen LogP contribution is -2.01. The zero-order valence-electron chi connectivity index (χ0n) is 18.0. The van der Waals surface area contributed by atoms with Gasteiger partial charge in [-0.2, -0.15) is 10.5 Å². The summed E-state index contributed by atoms with van der Waals surface area (Å²) < 4.78 is 11.3. The van der Waals surface area contributed by atoms with Gasteiger partial charge in [0, 0.05) is 16.7 Å². The molecule has 0 N–H and O–H groups in total. The molecule has 0 amide bonds. The van der Waals surface area contributed by atoms with Crippen molar-refractivity contribution in [1.29, 1.82) is 10.5 Å². The maximum absolute atomic E-state index is 9.37. The minimum atomic E-state index is 0.0447. The predicted molar refractivity (Wildman–Crippen MR) is 130 cm³/mol. The second-order valence-electron chi connectivity index (χ2n) is 7.27. The fraction of sp³-hybridized carbons (Fsp3) is 0.0345. The number of nitrogens with zero attached hydrogens (tertiary/aromatic N) is 2. The molecule has 4 rings (SSSR count).